The quantitative estimate of drug-likeness (QED) is 0.485. The second-order valence-corrected chi connectivity index (χ2v) is 6.89. The van der Waals surface area contributed by atoms with E-state index < -0.39 is 11.7 Å². The Labute approximate surface area is 154 Å². The summed E-state index contributed by atoms with van der Waals surface area (Å²) in [5.74, 6) is 0.707. The molecule has 0 aliphatic rings. The number of nitrogens with zero attached hydrogens (tertiary/aromatic N) is 6. The average molecular weight is 392 g/mol. The fraction of sp³-hybridized carbons (Fsp3) is 0.188. The third-order valence-electron chi connectivity index (χ3n) is 3.69. The molecule has 4 aromatic rings. The Balaban J connectivity index is 1.60. The molecule has 4 rings (SSSR count). The molecule has 0 saturated heterocycles. The number of rotatable bonds is 4. The van der Waals surface area contributed by atoms with E-state index in [1.165, 1.54) is 22.2 Å². The Hall–Kier alpha value is -2.95. The molecule has 4 aromatic heterocycles. The molecule has 0 spiro atoms. The monoisotopic (exact) mass is 392 g/mol. The summed E-state index contributed by atoms with van der Waals surface area (Å²) in [6.45, 7) is 1.79. The van der Waals surface area contributed by atoms with Gasteiger partial charge in [-0.2, -0.15) is 18.2 Å². The third-order valence-corrected chi connectivity index (χ3v) is 4.73. The molecule has 0 amide bonds. The Bertz CT molecular complexity index is 1080. The molecule has 0 bridgehead atoms. The van der Waals surface area contributed by atoms with Crippen LogP contribution in [0, 0.1) is 0 Å². The number of halogens is 3. The van der Waals surface area contributed by atoms with Crippen LogP contribution in [0.2, 0.25) is 0 Å². The lowest BCUT2D eigenvalue weighted by Crippen LogP contribution is -2.06. The van der Waals surface area contributed by atoms with Crippen LogP contribution in [0.15, 0.2) is 52.5 Å². The summed E-state index contributed by atoms with van der Waals surface area (Å²) in [6.07, 6.45) is -0.234. The van der Waals surface area contributed by atoms with Crippen molar-refractivity contribution in [2.75, 3.05) is 0 Å². The van der Waals surface area contributed by atoms with E-state index in [0.717, 1.165) is 12.3 Å². The highest BCUT2D eigenvalue weighted by Crippen LogP contribution is 2.35. The fourth-order valence-electron chi connectivity index (χ4n) is 2.34. The van der Waals surface area contributed by atoms with Gasteiger partial charge in [-0.05, 0) is 31.2 Å². The number of hydrogen-bond acceptors (Lipinski definition) is 7. The standard InChI is InChI=1S/C16H11F3N6OS/c1-9(14-21-13(24-26-14)10-3-2-6-20-7-10)27-15-23-22-12-5-4-11(8-25(12)15)16(17,18)19/h2-9H,1H3/t9-/m1/s1. The minimum absolute atomic E-state index is 0.296. The largest absolute Gasteiger partial charge is 0.417 e. The van der Waals surface area contributed by atoms with E-state index in [-0.39, 0.29) is 5.25 Å². The third kappa shape index (κ3) is 3.50. The van der Waals surface area contributed by atoms with E-state index >= 15 is 0 Å². The molecule has 7 nitrogen and oxygen atoms in total. The molecule has 4 heterocycles. The Morgan fingerprint density at radius 1 is 1.19 bits per heavy atom. The number of alkyl halides is 3. The van der Waals surface area contributed by atoms with E-state index in [1.54, 1.807) is 31.5 Å². The molecule has 11 heteroatoms. The van der Waals surface area contributed by atoms with Crippen LogP contribution in [0.5, 0.6) is 0 Å². The molecule has 138 valence electrons. The van der Waals surface area contributed by atoms with Crippen LogP contribution < -0.4 is 0 Å². The number of aromatic nitrogens is 6. The number of pyridine rings is 2. The maximum atomic E-state index is 12.9. The molecule has 0 radical (unpaired) electrons. The van der Waals surface area contributed by atoms with Gasteiger partial charge >= 0.3 is 6.18 Å². The first-order valence-electron chi connectivity index (χ1n) is 7.74. The van der Waals surface area contributed by atoms with Crippen LogP contribution in [0.4, 0.5) is 13.2 Å². The smallest absolute Gasteiger partial charge is 0.338 e. The summed E-state index contributed by atoms with van der Waals surface area (Å²) >= 11 is 1.17. The highest BCUT2D eigenvalue weighted by molar-refractivity contribution is 7.99. The van der Waals surface area contributed by atoms with Crippen LogP contribution in [-0.4, -0.2) is 29.7 Å². The van der Waals surface area contributed by atoms with Crippen LogP contribution in [0.25, 0.3) is 17.0 Å². The first-order chi connectivity index (χ1) is 12.9. The van der Waals surface area contributed by atoms with Crippen LogP contribution in [0.3, 0.4) is 0 Å². The van der Waals surface area contributed by atoms with Gasteiger partial charge in [-0.1, -0.05) is 16.9 Å². The predicted octanol–water partition coefficient (Wildman–Crippen LogP) is 4.05. The summed E-state index contributed by atoms with van der Waals surface area (Å²) in [7, 11) is 0. The molecular weight excluding hydrogens is 381 g/mol. The predicted molar refractivity (Wildman–Crippen MR) is 89.8 cm³/mol. The topological polar surface area (TPSA) is 82.0 Å². The maximum absolute atomic E-state index is 12.9. The zero-order valence-corrected chi connectivity index (χ0v) is 14.6. The fourth-order valence-corrected chi connectivity index (χ4v) is 3.20. The van der Waals surface area contributed by atoms with Gasteiger partial charge in [-0.25, -0.2) is 0 Å². The van der Waals surface area contributed by atoms with Crippen molar-refractivity contribution in [3.05, 3.63) is 54.3 Å². The maximum Gasteiger partial charge on any atom is 0.417 e. The van der Waals surface area contributed by atoms with Crippen molar-refractivity contribution in [2.24, 2.45) is 0 Å². The van der Waals surface area contributed by atoms with Crippen molar-refractivity contribution in [1.29, 1.82) is 0 Å². The van der Waals surface area contributed by atoms with E-state index in [9.17, 15) is 13.2 Å². The molecular formula is C16H11F3N6OS. The molecule has 0 N–H and O–H groups in total. The second kappa shape index (κ2) is 6.65. The Morgan fingerprint density at radius 3 is 2.78 bits per heavy atom. The van der Waals surface area contributed by atoms with Gasteiger partial charge in [0.2, 0.25) is 11.7 Å². The van der Waals surface area contributed by atoms with Crippen molar-refractivity contribution in [2.45, 2.75) is 23.5 Å². The minimum atomic E-state index is -4.45. The van der Waals surface area contributed by atoms with Gasteiger partial charge in [0.15, 0.2) is 10.8 Å². The summed E-state index contributed by atoms with van der Waals surface area (Å²) in [5.41, 5.74) is 0.243. The summed E-state index contributed by atoms with van der Waals surface area (Å²) < 4.78 is 45.4. The molecule has 0 saturated carbocycles. The SMILES string of the molecule is C[C@@H](Sc1nnc2ccc(C(F)(F)F)cn12)c1nc(-c2cccnc2)no1. The van der Waals surface area contributed by atoms with Crippen molar-refractivity contribution < 1.29 is 17.7 Å². The second-order valence-electron chi connectivity index (χ2n) is 5.58. The number of thioether (sulfide) groups is 1. The van der Waals surface area contributed by atoms with Crippen molar-refractivity contribution in [1.82, 2.24) is 29.7 Å². The summed E-state index contributed by atoms with van der Waals surface area (Å²) in [6, 6.07) is 5.80. The number of fused-ring (bicyclic) bond motifs is 1. The molecule has 0 aromatic carbocycles. The van der Waals surface area contributed by atoms with Gasteiger partial charge in [0.05, 0.1) is 10.8 Å². The van der Waals surface area contributed by atoms with Gasteiger partial charge < -0.3 is 4.52 Å². The van der Waals surface area contributed by atoms with E-state index in [1.807, 2.05) is 0 Å². The lowest BCUT2D eigenvalue weighted by atomic mass is 10.3. The Kier molecular flexibility index (Phi) is 4.30. The number of hydrogen-bond donors (Lipinski definition) is 0. The average Bonchev–Trinajstić information content (AvgIpc) is 3.29. The van der Waals surface area contributed by atoms with Crippen molar-refractivity contribution in [3.8, 4) is 11.4 Å². The zero-order chi connectivity index (χ0) is 19.0. The van der Waals surface area contributed by atoms with Gasteiger partial charge in [-0.15, -0.1) is 10.2 Å². The van der Waals surface area contributed by atoms with Crippen LogP contribution >= 0.6 is 11.8 Å². The molecule has 0 fully saturated rings. The van der Waals surface area contributed by atoms with E-state index in [2.05, 4.69) is 25.3 Å². The summed E-state index contributed by atoms with van der Waals surface area (Å²) in [5, 5.41) is 11.7. The normalized spacial score (nSPS) is 13.2. The lowest BCUT2D eigenvalue weighted by molar-refractivity contribution is -0.137. The first-order valence-corrected chi connectivity index (χ1v) is 8.62. The van der Waals surface area contributed by atoms with Crippen LogP contribution in [-0.2, 0) is 6.18 Å². The van der Waals surface area contributed by atoms with Crippen molar-refractivity contribution >= 4 is 17.4 Å². The first kappa shape index (κ1) is 17.5. The highest BCUT2D eigenvalue weighted by atomic mass is 32.2. The molecule has 0 aliphatic heterocycles. The van der Waals surface area contributed by atoms with Gasteiger partial charge in [-0.3, -0.25) is 9.38 Å². The minimum Gasteiger partial charge on any atom is -0.338 e. The Morgan fingerprint density at radius 2 is 2.04 bits per heavy atom. The van der Waals surface area contributed by atoms with Gasteiger partial charge in [0.25, 0.3) is 0 Å². The van der Waals surface area contributed by atoms with E-state index in [0.29, 0.717) is 28.1 Å². The summed E-state index contributed by atoms with van der Waals surface area (Å²) in [4.78, 5) is 8.32. The van der Waals surface area contributed by atoms with Gasteiger partial charge in [0.1, 0.15) is 0 Å². The molecule has 0 aliphatic carbocycles. The molecule has 1 atom stereocenters. The van der Waals surface area contributed by atoms with Crippen molar-refractivity contribution in [3.63, 3.8) is 0 Å². The molecule has 27 heavy (non-hydrogen) atoms. The zero-order valence-electron chi connectivity index (χ0n) is 13.8. The molecule has 0 unspecified atom stereocenters. The van der Waals surface area contributed by atoms with Crippen LogP contribution in [0.1, 0.15) is 23.6 Å². The van der Waals surface area contributed by atoms with E-state index in [4.69, 9.17) is 4.52 Å². The highest BCUT2D eigenvalue weighted by Gasteiger charge is 2.31. The van der Waals surface area contributed by atoms with Gasteiger partial charge in [0, 0.05) is 24.2 Å². The lowest BCUT2D eigenvalue weighted by Gasteiger charge is -2.08.